The largest absolute Gasteiger partial charge is 0.478 e. The van der Waals surface area contributed by atoms with E-state index in [9.17, 15) is 24.7 Å². The van der Waals surface area contributed by atoms with E-state index in [1.165, 1.54) is 11.8 Å². The molecule has 5 atom stereocenters. The summed E-state index contributed by atoms with van der Waals surface area (Å²) in [7, 11) is 0. The summed E-state index contributed by atoms with van der Waals surface area (Å²) in [6.45, 7) is 0.832. The van der Waals surface area contributed by atoms with Crippen molar-refractivity contribution < 1.29 is 24.7 Å². The predicted octanol–water partition coefficient (Wildman–Crippen LogP) is -1.76. The molecule has 0 aromatic rings. The smallest absolute Gasteiger partial charge is 0.332 e. The Morgan fingerprint density at radius 1 is 1.35 bits per heavy atom. The third kappa shape index (κ3) is 4.61. The highest BCUT2D eigenvalue weighted by Gasteiger charge is 2.56. The number of hydrogen-bond acceptors (Lipinski definition) is 11. The van der Waals surface area contributed by atoms with Gasteiger partial charge in [-0.1, -0.05) is 17.8 Å². The van der Waals surface area contributed by atoms with Crippen molar-refractivity contribution in [1.29, 1.82) is 0 Å². The van der Waals surface area contributed by atoms with E-state index in [1.54, 1.807) is 0 Å². The number of allylic oxidation sites excluding steroid dienone is 2. The summed E-state index contributed by atoms with van der Waals surface area (Å²) in [4.78, 5) is 43.9. The molecule has 0 spiro atoms. The normalized spacial score (nSPS) is 29.4. The lowest BCUT2D eigenvalue weighted by molar-refractivity contribution is -0.146. The molecule has 12 nitrogen and oxygen atoms in total. The van der Waals surface area contributed by atoms with Gasteiger partial charge in [-0.05, 0) is 36.3 Å². The maximum Gasteiger partial charge on any atom is 0.332 e. The first-order valence-corrected chi connectivity index (χ1v) is 12.0. The van der Waals surface area contributed by atoms with E-state index < -0.39 is 42.1 Å². The number of amides is 1. The lowest BCUT2D eigenvalue weighted by Gasteiger charge is -2.47. The molecule has 1 fully saturated rings. The summed E-state index contributed by atoms with van der Waals surface area (Å²) >= 11 is 1.28. The molecule has 184 valence electrons. The van der Waals surface area contributed by atoms with Gasteiger partial charge in [0.25, 0.3) is 0 Å². The van der Waals surface area contributed by atoms with Crippen LogP contribution in [-0.4, -0.2) is 81.2 Å². The molecule has 4 unspecified atom stereocenters. The van der Waals surface area contributed by atoms with Crippen LogP contribution in [0.4, 0.5) is 0 Å². The van der Waals surface area contributed by atoms with Crippen LogP contribution < -0.4 is 28.0 Å². The number of hydroxylamine groups is 1. The second-order valence-corrected chi connectivity index (χ2v) is 9.90. The molecule has 4 aliphatic rings. The van der Waals surface area contributed by atoms with Gasteiger partial charge in [-0.2, -0.15) is 5.48 Å². The van der Waals surface area contributed by atoms with E-state index in [4.69, 9.17) is 17.2 Å². The number of carbonyl (C=O) groups excluding carboxylic acids is 2. The summed E-state index contributed by atoms with van der Waals surface area (Å²) in [5, 5.41) is 22.4. The number of carboxylic acids is 1. The Balaban J connectivity index is 1.45. The maximum absolute atomic E-state index is 13.0. The number of thioether (sulfide) groups is 1. The van der Waals surface area contributed by atoms with E-state index >= 15 is 0 Å². The molecule has 1 saturated carbocycles. The first-order chi connectivity index (χ1) is 16.2. The van der Waals surface area contributed by atoms with Crippen molar-refractivity contribution in [2.75, 3.05) is 18.8 Å². The van der Waals surface area contributed by atoms with Gasteiger partial charge in [0.15, 0.2) is 11.0 Å². The number of nitrogens with two attached hydrogens (primary N) is 3. The fourth-order valence-corrected chi connectivity index (χ4v) is 5.86. The summed E-state index contributed by atoms with van der Waals surface area (Å²) in [5.41, 5.74) is 20.8. The zero-order valence-corrected chi connectivity index (χ0v) is 19.2. The van der Waals surface area contributed by atoms with Crippen LogP contribution in [0.1, 0.15) is 12.8 Å². The van der Waals surface area contributed by atoms with Gasteiger partial charge in [-0.15, -0.1) is 0 Å². The number of hydrogen-bond donors (Lipinski definition) is 7. The minimum atomic E-state index is -1.13. The minimum Gasteiger partial charge on any atom is -0.478 e. The van der Waals surface area contributed by atoms with Crippen LogP contribution in [0.5, 0.6) is 0 Å². The lowest BCUT2D eigenvalue weighted by Crippen LogP contribution is -2.65. The number of carboxylic acid groups (broad SMARTS) is 1. The first kappa shape index (κ1) is 24.4. The summed E-state index contributed by atoms with van der Waals surface area (Å²) in [6, 6.07) is -2.43. The molecule has 4 rings (SSSR count). The number of fused-ring (bicyclic) bond motifs is 1. The summed E-state index contributed by atoms with van der Waals surface area (Å²) in [5.74, 6) is -2.71. The molecule has 0 radical (unpaired) electrons. The number of ketones is 1. The molecule has 10 N–H and O–H groups in total. The molecule has 34 heavy (non-hydrogen) atoms. The Bertz CT molecular complexity index is 1010. The SMILES string of the molecule is NC1=NC(C(NO)C(=O)N[C@@H]2C(=O)C3C(C(=O)O)=C(CN4C=CC=C(C(N)N)C4)CCC32)CS1. The standard InChI is InChI=1S/C21H29N7O5S/c22-18(23)10-2-1-5-28(7-10)6-9-3-4-11-14(13(9)20(31)32)17(29)15(11)26-19(30)16(27-33)12-8-34-21(24)25-12/h1-2,5,11-12,14-16,18,27,33H,3-4,6-8,22-23H2,(H2,24,25)(H,26,30)(H,31,32)/t11?,12?,14?,15-,16?/m0/s1. The quantitative estimate of drug-likeness (QED) is 0.149. The van der Waals surface area contributed by atoms with Crippen LogP contribution in [0.2, 0.25) is 0 Å². The summed E-state index contributed by atoms with van der Waals surface area (Å²) in [6.07, 6.45) is 5.94. The topological polar surface area (TPSA) is 209 Å². The number of rotatable bonds is 8. The fourth-order valence-electron chi connectivity index (χ4n) is 5.04. The van der Waals surface area contributed by atoms with Crippen LogP contribution >= 0.6 is 11.8 Å². The average molecular weight is 492 g/mol. The number of aliphatic imine (C=N–C) groups is 1. The van der Waals surface area contributed by atoms with Crippen molar-refractivity contribution in [2.45, 2.75) is 37.1 Å². The molecule has 0 aromatic heterocycles. The van der Waals surface area contributed by atoms with E-state index in [2.05, 4.69) is 10.3 Å². The Morgan fingerprint density at radius 2 is 2.12 bits per heavy atom. The molecule has 2 heterocycles. The van der Waals surface area contributed by atoms with Gasteiger partial charge in [0.1, 0.15) is 6.04 Å². The van der Waals surface area contributed by atoms with Gasteiger partial charge in [-0.3, -0.25) is 14.6 Å². The first-order valence-electron chi connectivity index (χ1n) is 11.0. The van der Waals surface area contributed by atoms with Crippen LogP contribution in [0.15, 0.2) is 40.1 Å². The minimum absolute atomic E-state index is 0.106. The highest BCUT2D eigenvalue weighted by molar-refractivity contribution is 8.14. The van der Waals surface area contributed by atoms with E-state index in [1.807, 2.05) is 28.7 Å². The number of amidine groups is 1. The number of nitrogens with zero attached hydrogens (tertiary/aromatic N) is 2. The lowest BCUT2D eigenvalue weighted by atomic mass is 9.58. The zero-order chi connectivity index (χ0) is 24.6. The highest BCUT2D eigenvalue weighted by Crippen LogP contribution is 2.46. The number of aliphatic carboxylic acids is 1. The maximum atomic E-state index is 13.0. The highest BCUT2D eigenvalue weighted by atomic mass is 32.2. The van der Waals surface area contributed by atoms with E-state index in [-0.39, 0.29) is 17.3 Å². The van der Waals surface area contributed by atoms with Crippen LogP contribution in [0.3, 0.4) is 0 Å². The van der Waals surface area contributed by atoms with Gasteiger partial charge in [0, 0.05) is 30.3 Å². The molecular weight excluding hydrogens is 462 g/mol. The molecule has 0 aromatic carbocycles. The van der Waals surface area contributed by atoms with Crippen molar-refractivity contribution in [3.8, 4) is 0 Å². The Labute approximate surface area is 200 Å². The third-order valence-electron chi connectivity index (χ3n) is 6.79. The van der Waals surface area contributed by atoms with Crippen molar-refractivity contribution in [1.82, 2.24) is 15.7 Å². The van der Waals surface area contributed by atoms with Crippen molar-refractivity contribution in [3.63, 3.8) is 0 Å². The van der Waals surface area contributed by atoms with Crippen LogP contribution in [0.25, 0.3) is 0 Å². The van der Waals surface area contributed by atoms with Crippen LogP contribution in [0, 0.1) is 11.8 Å². The van der Waals surface area contributed by atoms with Gasteiger partial charge in [0.05, 0.1) is 24.2 Å². The average Bonchev–Trinajstić information content (AvgIpc) is 3.23. The van der Waals surface area contributed by atoms with Crippen molar-refractivity contribution in [3.05, 3.63) is 35.1 Å². The van der Waals surface area contributed by atoms with Crippen molar-refractivity contribution in [2.24, 2.45) is 34.0 Å². The van der Waals surface area contributed by atoms with E-state index in [0.29, 0.717) is 42.4 Å². The van der Waals surface area contributed by atoms with Gasteiger partial charge in [0.2, 0.25) is 5.91 Å². The Morgan fingerprint density at radius 3 is 2.74 bits per heavy atom. The molecule has 0 bridgehead atoms. The molecule has 2 aliphatic carbocycles. The van der Waals surface area contributed by atoms with Gasteiger partial charge in [-0.25, -0.2) is 4.79 Å². The molecular formula is C21H29N7O5S. The second kappa shape index (κ2) is 9.88. The monoisotopic (exact) mass is 491 g/mol. The number of nitrogens with one attached hydrogen (secondary N) is 2. The number of carbonyl (C=O) groups is 3. The molecule has 1 amide bonds. The molecule has 13 heteroatoms. The van der Waals surface area contributed by atoms with Gasteiger partial charge < -0.3 is 37.7 Å². The Hall–Kier alpha value is -2.71. The second-order valence-electron chi connectivity index (χ2n) is 8.86. The molecule has 0 saturated heterocycles. The Kier molecular flexibility index (Phi) is 7.09. The molecule has 2 aliphatic heterocycles. The van der Waals surface area contributed by atoms with Crippen molar-refractivity contribution >= 4 is 34.6 Å². The predicted molar refractivity (Wildman–Crippen MR) is 125 cm³/mol. The number of Topliss-reactive ketones (excluding diaryl/α,β-unsaturated/α-hetero) is 1. The third-order valence-corrected chi connectivity index (χ3v) is 7.69. The van der Waals surface area contributed by atoms with Crippen LogP contribution in [-0.2, 0) is 14.4 Å². The fraction of sp³-hybridized carbons (Fsp3) is 0.524. The zero-order valence-electron chi connectivity index (χ0n) is 18.4. The summed E-state index contributed by atoms with van der Waals surface area (Å²) < 4.78 is 0. The van der Waals surface area contributed by atoms with Gasteiger partial charge >= 0.3 is 5.97 Å². The van der Waals surface area contributed by atoms with E-state index in [0.717, 1.165) is 5.57 Å².